The van der Waals surface area contributed by atoms with Gasteiger partial charge >= 0.3 is 0 Å². The second-order valence-corrected chi connectivity index (χ2v) is 4.74. The Bertz CT molecular complexity index is 444. The van der Waals surface area contributed by atoms with E-state index in [-0.39, 0.29) is 5.25 Å². The predicted octanol–water partition coefficient (Wildman–Crippen LogP) is 2.88. The zero-order valence-electron chi connectivity index (χ0n) is 9.25. The molecule has 0 radical (unpaired) electrons. The van der Waals surface area contributed by atoms with Crippen molar-refractivity contribution in [2.45, 2.75) is 30.4 Å². The summed E-state index contributed by atoms with van der Waals surface area (Å²) in [4.78, 5) is 5.13. The zero-order chi connectivity index (χ0) is 11.4. The van der Waals surface area contributed by atoms with Crippen molar-refractivity contribution in [2.24, 2.45) is 0 Å². The van der Waals surface area contributed by atoms with Gasteiger partial charge in [-0.2, -0.15) is 0 Å². The van der Waals surface area contributed by atoms with Gasteiger partial charge in [-0.1, -0.05) is 6.92 Å². The minimum absolute atomic E-state index is 0.162. The van der Waals surface area contributed by atoms with Crippen molar-refractivity contribution >= 4 is 11.8 Å². The first-order valence-electron chi connectivity index (χ1n) is 5.18. The van der Waals surface area contributed by atoms with Gasteiger partial charge in [-0.3, -0.25) is 4.98 Å². The Balaban J connectivity index is 2.05. The van der Waals surface area contributed by atoms with Crippen LogP contribution in [0.1, 0.15) is 30.9 Å². The molecule has 0 aliphatic heterocycles. The molecular formula is C11H13N3OS. The third-order valence-electron chi connectivity index (χ3n) is 2.10. The summed E-state index contributed by atoms with van der Waals surface area (Å²) in [6, 6.07) is 3.94. The van der Waals surface area contributed by atoms with Gasteiger partial charge < -0.3 is 4.42 Å². The molecular weight excluding hydrogens is 222 g/mol. The Labute approximate surface area is 98.5 Å². The highest BCUT2D eigenvalue weighted by Crippen LogP contribution is 2.33. The minimum atomic E-state index is 0.162. The van der Waals surface area contributed by atoms with Crippen molar-refractivity contribution in [3.63, 3.8) is 0 Å². The first kappa shape index (κ1) is 11.1. The molecule has 1 atom stereocenters. The fraction of sp³-hybridized carbons (Fsp3) is 0.364. The topological polar surface area (TPSA) is 51.8 Å². The van der Waals surface area contributed by atoms with E-state index < -0.39 is 0 Å². The average Bonchev–Trinajstić information content (AvgIpc) is 2.79. The third kappa shape index (κ3) is 2.61. The summed E-state index contributed by atoms with van der Waals surface area (Å²) in [5.74, 6) is 1.37. The van der Waals surface area contributed by atoms with Crippen molar-refractivity contribution < 1.29 is 4.42 Å². The number of aromatic nitrogens is 3. The average molecular weight is 235 g/mol. The molecule has 84 valence electrons. The van der Waals surface area contributed by atoms with E-state index in [1.54, 1.807) is 24.2 Å². The van der Waals surface area contributed by atoms with Gasteiger partial charge in [-0.15, -0.1) is 22.0 Å². The fourth-order valence-corrected chi connectivity index (χ4v) is 2.13. The van der Waals surface area contributed by atoms with Crippen LogP contribution < -0.4 is 0 Å². The molecule has 4 nitrogen and oxygen atoms in total. The van der Waals surface area contributed by atoms with E-state index in [9.17, 15) is 0 Å². The second kappa shape index (κ2) is 5.12. The van der Waals surface area contributed by atoms with E-state index in [4.69, 9.17) is 4.42 Å². The Hall–Kier alpha value is -1.36. The van der Waals surface area contributed by atoms with E-state index in [1.165, 1.54) is 0 Å². The normalized spacial score (nSPS) is 12.6. The highest BCUT2D eigenvalue weighted by molar-refractivity contribution is 7.99. The summed E-state index contributed by atoms with van der Waals surface area (Å²) < 4.78 is 5.51. The molecule has 2 rings (SSSR count). The Morgan fingerprint density at radius 3 is 2.69 bits per heavy atom. The predicted molar refractivity (Wildman–Crippen MR) is 62.2 cm³/mol. The van der Waals surface area contributed by atoms with Crippen LogP contribution in [0.3, 0.4) is 0 Å². The molecule has 5 heteroatoms. The molecule has 0 spiro atoms. The molecule has 0 bridgehead atoms. The minimum Gasteiger partial charge on any atom is -0.424 e. The fourth-order valence-electron chi connectivity index (χ4n) is 1.25. The summed E-state index contributed by atoms with van der Waals surface area (Å²) in [6.07, 6.45) is 4.33. The van der Waals surface area contributed by atoms with Gasteiger partial charge in [0, 0.05) is 23.7 Å². The number of hydrogen-bond acceptors (Lipinski definition) is 5. The van der Waals surface area contributed by atoms with Crippen molar-refractivity contribution in [2.75, 3.05) is 0 Å². The van der Waals surface area contributed by atoms with Crippen LogP contribution in [0, 0.1) is 0 Å². The maximum absolute atomic E-state index is 5.51. The molecule has 0 fully saturated rings. The molecule has 0 amide bonds. The lowest BCUT2D eigenvalue weighted by atomic mass is 10.5. The Kier molecular flexibility index (Phi) is 3.56. The first-order chi connectivity index (χ1) is 7.79. The molecule has 0 aliphatic rings. The lowest BCUT2D eigenvalue weighted by Gasteiger charge is -2.05. The van der Waals surface area contributed by atoms with Gasteiger partial charge in [0.05, 0.1) is 5.25 Å². The van der Waals surface area contributed by atoms with E-state index in [2.05, 4.69) is 22.1 Å². The van der Waals surface area contributed by atoms with Crippen LogP contribution in [-0.4, -0.2) is 15.2 Å². The summed E-state index contributed by atoms with van der Waals surface area (Å²) in [5, 5.41) is 8.15. The zero-order valence-corrected chi connectivity index (χ0v) is 10.1. The smallest absolute Gasteiger partial charge is 0.229 e. The third-order valence-corrected chi connectivity index (χ3v) is 3.19. The van der Waals surface area contributed by atoms with E-state index in [0.29, 0.717) is 11.8 Å². The van der Waals surface area contributed by atoms with Gasteiger partial charge in [0.1, 0.15) is 0 Å². The summed E-state index contributed by atoms with van der Waals surface area (Å²) in [5.41, 5.74) is 0. The lowest BCUT2D eigenvalue weighted by Crippen LogP contribution is -1.88. The molecule has 0 aromatic carbocycles. The number of pyridine rings is 1. The maximum Gasteiger partial charge on any atom is 0.229 e. The molecule has 1 unspecified atom stereocenters. The van der Waals surface area contributed by atoms with Crippen molar-refractivity contribution in [1.82, 2.24) is 15.2 Å². The summed E-state index contributed by atoms with van der Waals surface area (Å²) in [7, 11) is 0. The number of thioether (sulfide) groups is 1. The molecule has 16 heavy (non-hydrogen) atoms. The van der Waals surface area contributed by atoms with E-state index in [0.717, 1.165) is 11.3 Å². The number of rotatable bonds is 4. The molecule has 0 N–H and O–H groups in total. The van der Waals surface area contributed by atoms with E-state index >= 15 is 0 Å². The molecule has 0 saturated carbocycles. The summed E-state index contributed by atoms with van der Waals surface area (Å²) >= 11 is 1.68. The highest BCUT2D eigenvalue weighted by atomic mass is 32.2. The Morgan fingerprint density at radius 2 is 2.06 bits per heavy atom. The quantitative estimate of drug-likeness (QED) is 0.763. The van der Waals surface area contributed by atoms with Crippen molar-refractivity contribution in [1.29, 1.82) is 0 Å². The van der Waals surface area contributed by atoms with Gasteiger partial charge in [0.15, 0.2) is 0 Å². The van der Waals surface area contributed by atoms with Gasteiger partial charge in [-0.05, 0) is 19.1 Å². The van der Waals surface area contributed by atoms with Gasteiger partial charge in [0.25, 0.3) is 0 Å². The van der Waals surface area contributed by atoms with Crippen molar-refractivity contribution in [3.05, 3.63) is 36.3 Å². The van der Waals surface area contributed by atoms with Crippen LogP contribution in [-0.2, 0) is 6.42 Å². The van der Waals surface area contributed by atoms with Crippen LogP contribution in [0.15, 0.2) is 33.8 Å². The maximum atomic E-state index is 5.51. The van der Waals surface area contributed by atoms with Crippen LogP contribution in [0.2, 0.25) is 0 Å². The largest absolute Gasteiger partial charge is 0.424 e. The summed E-state index contributed by atoms with van der Waals surface area (Å²) in [6.45, 7) is 4.05. The van der Waals surface area contributed by atoms with Gasteiger partial charge in [-0.25, -0.2) is 0 Å². The standard InChI is InChI=1S/C11H13N3OS/c1-3-10-13-14-11(15-10)8(2)16-9-4-6-12-7-5-9/h4-8H,3H2,1-2H3. The molecule has 0 aliphatic carbocycles. The van der Waals surface area contributed by atoms with Crippen molar-refractivity contribution in [3.8, 4) is 0 Å². The molecule has 0 saturated heterocycles. The highest BCUT2D eigenvalue weighted by Gasteiger charge is 2.14. The number of aryl methyl sites for hydroxylation is 1. The van der Waals surface area contributed by atoms with Crippen LogP contribution in [0.4, 0.5) is 0 Å². The molecule has 2 aromatic heterocycles. The first-order valence-corrected chi connectivity index (χ1v) is 6.06. The number of hydrogen-bond donors (Lipinski definition) is 0. The van der Waals surface area contributed by atoms with Crippen LogP contribution in [0.25, 0.3) is 0 Å². The monoisotopic (exact) mass is 235 g/mol. The Morgan fingerprint density at radius 1 is 1.31 bits per heavy atom. The van der Waals surface area contributed by atoms with E-state index in [1.807, 2.05) is 19.1 Å². The molecule has 2 aromatic rings. The lowest BCUT2D eigenvalue weighted by molar-refractivity contribution is 0.456. The molecule has 2 heterocycles. The second-order valence-electron chi connectivity index (χ2n) is 3.33. The SMILES string of the molecule is CCc1nnc(C(C)Sc2ccncc2)o1. The van der Waals surface area contributed by atoms with Crippen LogP contribution >= 0.6 is 11.8 Å². The van der Waals surface area contributed by atoms with Gasteiger partial charge in [0.2, 0.25) is 11.8 Å². The van der Waals surface area contributed by atoms with Crippen LogP contribution in [0.5, 0.6) is 0 Å². The number of nitrogens with zero attached hydrogens (tertiary/aromatic N) is 3.